The van der Waals surface area contributed by atoms with Crippen molar-refractivity contribution in [2.24, 2.45) is 5.84 Å². The van der Waals surface area contributed by atoms with Crippen LogP contribution < -0.4 is 11.3 Å². The van der Waals surface area contributed by atoms with Crippen LogP contribution >= 0.6 is 15.9 Å². The Balaban J connectivity index is 2.65. The van der Waals surface area contributed by atoms with Gasteiger partial charge in [0.1, 0.15) is 5.82 Å². The van der Waals surface area contributed by atoms with E-state index in [0.29, 0.717) is 18.6 Å². The predicted molar refractivity (Wildman–Crippen MR) is 65.4 cm³/mol. The van der Waals surface area contributed by atoms with Crippen LogP contribution in [0, 0.1) is 5.82 Å². The van der Waals surface area contributed by atoms with E-state index >= 15 is 0 Å². The molecule has 0 fully saturated rings. The summed E-state index contributed by atoms with van der Waals surface area (Å²) in [5, 5.41) is 0. The number of halogens is 2. The molecule has 1 aromatic rings. The van der Waals surface area contributed by atoms with Gasteiger partial charge in [0.05, 0.1) is 0 Å². The van der Waals surface area contributed by atoms with Gasteiger partial charge >= 0.3 is 0 Å². The molecule has 0 radical (unpaired) electrons. The maximum atomic E-state index is 13.5. The van der Waals surface area contributed by atoms with Crippen LogP contribution in [0.3, 0.4) is 0 Å². The number of hydrogen-bond acceptors (Lipinski definition) is 3. The van der Waals surface area contributed by atoms with E-state index in [-0.39, 0.29) is 11.9 Å². The standard InChI is InChI=1S/C11H16BrFN2O/c1-16-5-4-10(15-14)7-8-6-9(12)2-3-11(8)13/h2-3,6,10,15H,4-5,7,14H2,1H3. The summed E-state index contributed by atoms with van der Waals surface area (Å²) in [5.74, 6) is 5.20. The second-order valence-electron chi connectivity index (χ2n) is 3.58. The number of ether oxygens (including phenoxy) is 1. The fraction of sp³-hybridized carbons (Fsp3) is 0.455. The van der Waals surface area contributed by atoms with Crippen LogP contribution in [0.1, 0.15) is 12.0 Å². The van der Waals surface area contributed by atoms with Gasteiger partial charge in [-0.25, -0.2) is 4.39 Å². The molecule has 0 heterocycles. The SMILES string of the molecule is COCCC(Cc1cc(Br)ccc1F)NN. The van der Waals surface area contributed by atoms with E-state index < -0.39 is 0 Å². The summed E-state index contributed by atoms with van der Waals surface area (Å²) in [6.07, 6.45) is 1.30. The molecule has 3 N–H and O–H groups in total. The number of rotatable bonds is 6. The van der Waals surface area contributed by atoms with Crippen LogP contribution in [-0.4, -0.2) is 19.8 Å². The van der Waals surface area contributed by atoms with Crippen molar-refractivity contribution in [1.29, 1.82) is 0 Å². The lowest BCUT2D eigenvalue weighted by molar-refractivity contribution is 0.182. The number of hydrogen-bond donors (Lipinski definition) is 2. The average Bonchev–Trinajstić information content (AvgIpc) is 2.28. The quantitative estimate of drug-likeness (QED) is 0.622. The zero-order chi connectivity index (χ0) is 12.0. The van der Waals surface area contributed by atoms with E-state index in [2.05, 4.69) is 21.4 Å². The van der Waals surface area contributed by atoms with Gasteiger partial charge in [-0.2, -0.15) is 0 Å². The molecule has 5 heteroatoms. The van der Waals surface area contributed by atoms with Gasteiger partial charge in [0.15, 0.2) is 0 Å². The van der Waals surface area contributed by atoms with Crippen molar-refractivity contribution in [3.63, 3.8) is 0 Å². The van der Waals surface area contributed by atoms with Gasteiger partial charge in [-0.1, -0.05) is 15.9 Å². The van der Waals surface area contributed by atoms with Crippen LogP contribution in [0.25, 0.3) is 0 Å². The van der Waals surface area contributed by atoms with Gasteiger partial charge in [0, 0.05) is 24.2 Å². The Hall–Kier alpha value is -0.490. The molecule has 1 aromatic carbocycles. The van der Waals surface area contributed by atoms with E-state index in [0.717, 1.165) is 10.9 Å². The van der Waals surface area contributed by atoms with E-state index in [9.17, 15) is 4.39 Å². The van der Waals surface area contributed by atoms with Gasteiger partial charge in [-0.15, -0.1) is 0 Å². The summed E-state index contributed by atoms with van der Waals surface area (Å²) in [5.41, 5.74) is 3.32. The largest absolute Gasteiger partial charge is 0.385 e. The van der Waals surface area contributed by atoms with Crippen molar-refractivity contribution in [2.45, 2.75) is 18.9 Å². The first-order valence-electron chi connectivity index (χ1n) is 5.06. The van der Waals surface area contributed by atoms with Crippen molar-refractivity contribution >= 4 is 15.9 Å². The van der Waals surface area contributed by atoms with Gasteiger partial charge in [-0.3, -0.25) is 11.3 Å². The van der Waals surface area contributed by atoms with Gasteiger partial charge in [-0.05, 0) is 36.6 Å². The summed E-state index contributed by atoms with van der Waals surface area (Å²) in [6.45, 7) is 0.602. The fourth-order valence-corrected chi connectivity index (χ4v) is 1.88. The predicted octanol–water partition coefficient (Wildman–Crippen LogP) is 2.00. The topological polar surface area (TPSA) is 47.3 Å². The van der Waals surface area contributed by atoms with Crippen molar-refractivity contribution in [3.8, 4) is 0 Å². The Kier molecular flexibility index (Phi) is 5.90. The molecule has 0 aliphatic rings. The molecule has 16 heavy (non-hydrogen) atoms. The second-order valence-corrected chi connectivity index (χ2v) is 4.50. The summed E-state index contributed by atoms with van der Waals surface area (Å²) in [4.78, 5) is 0. The van der Waals surface area contributed by atoms with Crippen molar-refractivity contribution in [1.82, 2.24) is 5.43 Å². The molecular formula is C11H16BrFN2O. The van der Waals surface area contributed by atoms with Gasteiger partial charge in [0.25, 0.3) is 0 Å². The molecule has 1 unspecified atom stereocenters. The molecule has 0 aromatic heterocycles. The highest BCUT2D eigenvalue weighted by atomic mass is 79.9. The minimum absolute atomic E-state index is 0.0174. The molecule has 1 rings (SSSR count). The zero-order valence-corrected chi connectivity index (χ0v) is 10.8. The first kappa shape index (κ1) is 13.6. The third-order valence-corrected chi connectivity index (χ3v) is 2.87. The molecule has 0 amide bonds. The minimum atomic E-state index is -0.208. The zero-order valence-electron chi connectivity index (χ0n) is 9.17. The van der Waals surface area contributed by atoms with Crippen LogP contribution in [0.4, 0.5) is 4.39 Å². The number of hydrazine groups is 1. The summed E-state index contributed by atoms with van der Waals surface area (Å²) < 4.78 is 19.3. The highest BCUT2D eigenvalue weighted by molar-refractivity contribution is 9.10. The lowest BCUT2D eigenvalue weighted by Crippen LogP contribution is -2.37. The third kappa shape index (κ3) is 4.17. The first-order valence-corrected chi connectivity index (χ1v) is 5.85. The number of methoxy groups -OCH3 is 1. The van der Waals surface area contributed by atoms with Crippen molar-refractivity contribution in [3.05, 3.63) is 34.1 Å². The van der Waals surface area contributed by atoms with Crippen LogP contribution in [-0.2, 0) is 11.2 Å². The van der Waals surface area contributed by atoms with E-state index in [1.807, 2.05) is 0 Å². The summed E-state index contributed by atoms with van der Waals surface area (Å²) in [7, 11) is 1.63. The van der Waals surface area contributed by atoms with Crippen molar-refractivity contribution < 1.29 is 9.13 Å². The first-order chi connectivity index (χ1) is 7.67. The average molecular weight is 291 g/mol. The normalized spacial score (nSPS) is 12.8. The minimum Gasteiger partial charge on any atom is -0.385 e. The Morgan fingerprint density at radius 3 is 2.94 bits per heavy atom. The number of nitrogens with one attached hydrogen (secondary N) is 1. The maximum absolute atomic E-state index is 13.5. The molecule has 0 aliphatic carbocycles. The molecule has 0 saturated heterocycles. The fourth-order valence-electron chi connectivity index (χ4n) is 1.47. The lowest BCUT2D eigenvalue weighted by Gasteiger charge is -2.15. The Morgan fingerprint density at radius 1 is 1.56 bits per heavy atom. The molecule has 3 nitrogen and oxygen atoms in total. The molecule has 0 spiro atoms. The molecule has 1 atom stereocenters. The molecular weight excluding hydrogens is 275 g/mol. The maximum Gasteiger partial charge on any atom is 0.126 e. The van der Waals surface area contributed by atoms with E-state index in [4.69, 9.17) is 10.6 Å². The summed E-state index contributed by atoms with van der Waals surface area (Å²) in [6, 6.07) is 4.91. The highest BCUT2D eigenvalue weighted by Crippen LogP contribution is 2.17. The monoisotopic (exact) mass is 290 g/mol. The van der Waals surface area contributed by atoms with Crippen LogP contribution in [0.2, 0.25) is 0 Å². The molecule has 0 aliphatic heterocycles. The molecule has 90 valence electrons. The third-order valence-electron chi connectivity index (χ3n) is 2.38. The highest BCUT2D eigenvalue weighted by Gasteiger charge is 2.11. The van der Waals surface area contributed by atoms with Crippen LogP contribution in [0.5, 0.6) is 0 Å². The second kappa shape index (κ2) is 6.96. The van der Waals surface area contributed by atoms with Gasteiger partial charge in [0.2, 0.25) is 0 Å². The van der Waals surface area contributed by atoms with E-state index in [1.54, 1.807) is 19.2 Å². The van der Waals surface area contributed by atoms with Gasteiger partial charge < -0.3 is 4.74 Å². The smallest absolute Gasteiger partial charge is 0.126 e. The molecule has 0 bridgehead atoms. The Bertz CT molecular complexity index is 336. The molecule has 0 saturated carbocycles. The lowest BCUT2D eigenvalue weighted by atomic mass is 10.0. The Labute approximate surface area is 103 Å². The van der Waals surface area contributed by atoms with Crippen LogP contribution in [0.15, 0.2) is 22.7 Å². The van der Waals surface area contributed by atoms with Crippen molar-refractivity contribution in [2.75, 3.05) is 13.7 Å². The summed E-state index contributed by atoms with van der Waals surface area (Å²) >= 11 is 3.32. The number of nitrogens with two attached hydrogens (primary N) is 1. The number of benzene rings is 1. The Morgan fingerprint density at radius 2 is 2.31 bits per heavy atom. The van der Waals surface area contributed by atoms with E-state index in [1.165, 1.54) is 6.07 Å².